The number of benzene rings is 1. The lowest BCUT2D eigenvalue weighted by Crippen LogP contribution is -2.19. The second-order valence-corrected chi connectivity index (χ2v) is 6.48. The van der Waals surface area contributed by atoms with Gasteiger partial charge in [0.05, 0.1) is 11.7 Å². The van der Waals surface area contributed by atoms with E-state index in [1.165, 1.54) is 0 Å². The van der Waals surface area contributed by atoms with E-state index in [0.29, 0.717) is 5.82 Å². The summed E-state index contributed by atoms with van der Waals surface area (Å²) in [6.45, 7) is 8.16. The van der Waals surface area contributed by atoms with Crippen LogP contribution in [0.4, 0.5) is 5.95 Å². The summed E-state index contributed by atoms with van der Waals surface area (Å²) in [5.74, 6) is 0.927. The molecule has 0 radical (unpaired) electrons. The van der Waals surface area contributed by atoms with Crippen molar-refractivity contribution in [1.29, 1.82) is 0 Å². The molecule has 0 spiro atoms. The minimum Gasteiger partial charge on any atom is -0.377 e. The van der Waals surface area contributed by atoms with E-state index in [1.54, 1.807) is 12.5 Å². The van der Waals surface area contributed by atoms with E-state index in [-0.39, 0.29) is 12.0 Å². The third-order valence-corrected chi connectivity index (χ3v) is 4.34. The first kappa shape index (κ1) is 17.9. The molecule has 1 atom stereocenters. The summed E-state index contributed by atoms with van der Waals surface area (Å²) in [6.07, 6.45) is 6.14. The zero-order valence-corrected chi connectivity index (χ0v) is 15.5. The summed E-state index contributed by atoms with van der Waals surface area (Å²) < 4.78 is 1.82. The molecule has 134 valence electrons. The fourth-order valence-electron chi connectivity index (χ4n) is 2.73. The van der Waals surface area contributed by atoms with Crippen molar-refractivity contribution in [2.24, 2.45) is 0 Å². The number of nitrogen functional groups attached to an aromatic ring is 1. The summed E-state index contributed by atoms with van der Waals surface area (Å²) in [7, 11) is 0. The minimum absolute atomic E-state index is 0.0998. The van der Waals surface area contributed by atoms with Crippen molar-refractivity contribution in [1.82, 2.24) is 24.8 Å². The highest BCUT2D eigenvalue weighted by Gasteiger charge is 2.13. The van der Waals surface area contributed by atoms with Crippen molar-refractivity contribution in [3.8, 4) is 5.82 Å². The fourth-order valence-corrected chi connectivity index (χ4v) is 2.93. The van der Waals surface area contributed by atoms with Crippen LogP contribution in [0.15, 0.2) is 49.6 Å². The number of aromatic nitrogens is 4. The van der Waals surface area contributed by atoms with Crippen LogP contribution in [0, 0.1) is 6.92 Å². The third-order valence-electron chi connectivity index (χ3n) is 4.11. The van der Waals surface area contributed by atoms with Crippen LogP contribution in [-0.2, 0) is 0 Å². The normalized spacial score (nSPS) is 12.0. The van der Waals surface area contributed by atoms with Gasteiger partial charge in [0.15, 0.2) is 0 Å². The molecule has 0 saturated carbocycles. The maximum absolute atomic E-state index is 6.11. The van der Waals surface area contributed by atoms with Gasteiger partial charge in [0.2, 0.25) is 5.95 Å². The summed E-state index contributed by atoms with van der Waals surface area (Å²) in [5.41, 5.74) is 9.19. The molecule has 3 N–H and O–H groups in total. The topological polar surface area (TPSA) is 81.7 Å². The summed E-state index contributed by atoms with van der Waals surface area (Å²) in [6, 6.07) is 7.92. The van der Waals surface area contributed by atoms with Crippen LogP contribution in [0.5, 0.6) is 0 Å². The van der Waals surface area contributed by atoms with Crippen molar-refractivity contribution < 1.29 is 0 Å². The van der Waals surface area contributed by atoms with Gasteiger partial charge in [-0.05, 0) is 31.0 Å². The number of rotatable bonds is 6. The average Bonchev–Trinajstić information content (AvgIpc) is 3.11. The van der Waals surface area contributed by atoms with Gasteiger partial charge >= 0.3 is 0 Å². The molecule has 0 aliphatic heterocycles. The van der Waals surface area contributed by atoms with Gasteiger partial charge in [-0.15, -0.1) is 0 Å². The summed E-state index contributed by atoms with van der Waals surface area (Å²) in [4.78, 5) is 12.7. The number of imidazole rings is 1. The van der Waals surface area contributed by atoms with Crippen molar-refractivity contribution in [2.45, 2.75) is 26.3 Å². The van der Waals surface area contributed by atoms with Gasteiger partial charge < -0.3 is 11.1 Å². The molecule has 0 fully saturated rings. The number of hydrogen-bond donors (Lipinski definition) is 2. The number of hydrogen-bond acceptors (Lipinski definition) is 5. The lowest BCUT2D eigenvalue weighted by atomic mass is 10.0. The Labute approximate surface area is 157 Å². The highest BCUT2D eigenvalue weighted by molar-refractivity contribution is 6.30. The number of nitrogens with two attached hydrogens (primary N) is 1. The van der Waals surface area contributed by atoms with Gasteiger partial charge in [-0.1, -0.05) is 37.2 Å². The molecule has 2 aromatic heterocycles. The van der Waals surface area contributed by atoms with Gasteiger partial charge in [-0.2, -0.15) is 4.98 Å². The molecular weight excluding hydrogens is 348 g/mol. The van der Waals surface area contributed by atoms with Crippen molar-refractivity contribution in [2.75, 3.05) is 5.73 Å². The van der Waals surface area contributed by atoms with Gasteiger partial charge in [0.25, 0.3) is 0 Å². The number of anilines is 1. The molecule has 0 amide bonds. The van der Waals surface area contributed by atoms with E-state index >= 15 is 0 Å². The summed E-state index contributed by atoms with van der Waals surface area (Å²) >= 11 is 6.11. The molecule has 0 saturated heterocycles. The van der Waals surface area contributed by atoms with E-state index in [1.807, 2.05) is 42.0 Å². The number of nitrogens with one attached hydrogen (secondary N) is 1. The van der Waals surface area contributed by atoms with Gasteiger partial charge in [-0.25, -0.2) is 9.97 Å². The average molecular weight is 369 g/mol. The predicted molar refractivity (Wildman–Crippen MR) is 105 cm³/mol. The first-order valence-corrected chi connectivity index (χ1v) is 8.70. The van der Waals surface area contributed by atoms with Crippen LogP contribution >= 0.6 is 11.6 Å². The standard InChI is InChI=1S/C19H21ClN6/c1-4-16(14-6-5-7-15(20)8-14)24-13(3)17-10-26(11-23-17)18-12(2)9-22-19(21)25-18/h5-11,16,24H,3-4H2,1-2H3,(H2,21,22,25)/t16-/m1/s1. The molecule has 0 aliphatic rings. The van der Waals surface area contributed by atoms with Gasteiger partial charge in [-0.3, -0.25) is 4.57 Å². The van der Waals surface area contributed by atoms with Crippen molar-refractivity contribution >= 4 is 23.2 Å². The van der Waals surface area contributed by atoms with Crippen LogP contribution in [-0.4, -0.2) is 19.5 Å². The second-order valence-electron chi connectivity index (χ2n) is 6.04. The van der Waals surface area contributed by atoms with E-state index in [9.17, 15) is 0 Å². The maximum atomic E-state index is 6.11. The van der Waals surface area contributed by atoms with Crippen LogP contribution < -0.4 is 11.1 Å². The Morgan fingerprint density at radius 3 is 2.92 bits per heavy atom. The van der Waals surface area contributed by atoms with E-state index in [0.717, 1.165) is 34.0 Å². The van der Waals surface area contributed by atoms with E-state index in [2.05, 4.69) is 33.8 Å². The quantitative estimate of drug-likeness (QED) is 0.689. The van der Waals surface area contributed by atoms with Crippen LogP contribution in [0.2, 0.25) is 5.02 Å². The highest BCUT2D eigenvalue weighted by atomic mass is 35.5. The first-order chi connectivity index (χ1) is 12.5. The van der Waals surface area contributed by atoms with Gasteiger partial charge in [0.1, 0.15) is 17.8 Å². The van der Waals surface area contributed by atoms with Gasteiger partial charge in [0, 0.05) is 23.0 Å². The Morgan fingerprint density at radius 2 is 2.19 bits per heavy atom. The minimum atomic E-state index is 0.0998. The Morgan fingerprint density at radius 1 is 1.38 bits per heavy atom. The molecule has 26 heavy (non-hydrogen) atoms. The Balaban J connectivity index is 1.80. The van der Waals surface area contributed by atoms with Crippen molar-refractivity contribution in [3.05, 3.63) is 71.4 Å². The molecule has 0 aliphatic carbocycles. The highest BCUT2D eigenvalue weighted by Crippen LogP contribution is 2.23. The monoisotopic (exact) mass is 368 g/mol. The predicted octanol–water partition coefficient (Wildman–Crippen LogP) is 3.92. The second kappa shape index (κ2) is 7.58. The zero-order valence-electron chi connectivity index (χ0n) is 14.8. The number of halogens is 1. The molecule has 0 bridgehead atoms. The van der Waals surface area contributed by atoms with E-state index in [4.69, 9.17) is 17.3 Å². The smallest absolute Gasteiger partial charge is 0.221 e. The molecule has 1 aromatic carbocycles. The van der Waals surface area contributed by atoms with E-state index < -0.39 is 0 Å². The molecule has 6 nitrogen and oxygen atoms in total. The molecule has 7 heteroatoms. The largest absolute Gasteiger partial charge is 0.377 e. The number of nitrogens with zero attached hydrogens (tertiary/aromatic N) is 4. The SMILES string of the molecule is C=C(N[C@H](CC)c1cccc(Cl)c1)c1cn(-c2nc(N)ncc2C)cn1. The fraction of sp³-hybridized carbons (Fsp3) is 0.211. The molecule has 3 rings (SSSR count). The molecule has 0 unspecified atom stereocenters. The van der Waals surface area contributed by atoms with Crippen LogP contribution in [0.1, 0.15) is 36.2 Å². The Bertz CT molecular complexity index is 933. The zero-order chi connectivity index (χ0) is 18.7. The molecule has 3 aromatic rings. The van der Waals surface area contributed by atoms with Crippen LogP contribution in [0.3, 0.4) is 0 Å². The third kappa shape index (κ3) is 3.86. The lowest BCUT2D eigenvalue weighted by Gasteiger charge is -2.19. The molecule has 2 heterocycles. The molecular formula is C19H21ClN6. The Hall–Kier alpha value is -2.86. The van der Waals surface area contributed by atoms with Crippen molar-refractivity contribution in [3.63, 3.8) is 0 Å². The number of aryl methyl sites for hydroxylation is 1. The summed E-state index contributed by atoms with van der Waals surface area (Å²) in [5, 5.41) is 4.15. The Kier molecular flexibility index (Phi) is 5.23. The first-order valence-electron chi connectivity index (χ1n) is 8.32. The van der Waals surface area contributed by atoms with Crippen LogP contribution in [0.25, 0.3) is 11.5 Å². The maximum Gasteiger partial charge on any atom is 0.221 e. The lowest BCUT2D eigenvalue weighted by molar-refractivity contribution is 0.613.